The van der Waals surface area contributed by atoms with Crippen LogP contribution in [0.5, 0.6) is 11.5 Å². The van der Waals surface area contributed by atoms with Gasteiger partial charge in [0.2, 0.25) is 11.8 Å². The molecule has 0 radical (unpaired) electrons. The van der Waals surface area contributed by atoms with Crippen molar-refractivity contribution in [1.29, 1.82) is 0 Å². The summed E-state index contributed by atoms with van der Waals surface area (Å²) in [6.45, 7) is 4.21. The number of aromatic nitrogens is 1. The maximum absolute atomic E-state index is 13.6. The van der Waals surface area contributed by atoms with E-state index in [1.807, 2.05) is 44.6 Å². The summed E-state index contributed by atoms with van der Waals surface area (Å²) in [5, 5.41) is 5.57. The van der Waals surface area contributed by atoms with Crippen molar-refractivity contribution in [1.82, 2.24) is 29.9 Å². The van der Waals surface area contributed by atoms with E-state index in [9.17, 15) is 24.0 Å². The monoisotopic (exact) mass is 765 g/mol. The van der Waals surface area contributed by atoms with Crippen molar-refractivity contribution in [3.63, 3.8) is 0 Å². The van der Waals surface area contributed by atoms with Gasteiger partial charge in [-0.15, -0.1) is 0 Å². The fourth-order valence-corrected chi connectivity index (χ4v) is 9.74. The Hall–Kier alpha value is -5.37. The van der Waals surface area contributed by atoms with Crippen molar-refractivity contribution in [3.8, 4) is 22.6 Å². The molecule has 4 aliphatic heterocycles. The number of fused-ring (bicyclic) bond motifs is 3. The van der Waals surface area contributed by atoms with Gasteiger partial charge in [0.1, 0.15) is 17.5 Å². The lowest BCUT2D eigenvalue weighted by atomic mass is 9.91. The summed E-state index contributed by atoms with van der Waals surface area (Å²) in [7, 11) is 9.05. The van der Waals surface area contributed by atoms with Gasteiger partial charge in [0.25, 0.3) is 11.5 Å². The Labute approximate surface area is 326 Å². The molecule has 8 rings (SSSR count). The first-order valence-electron chi connectivity index (χ1n) is 19.6. The number of amides is 5. The number of nitrogens with one attached hydrogen (secondary N) is 2. The van der Waals surface area contributed by atoms with Gasteiger partial charge in [-0.25, -0.2) is 4.79 Å². The van der Waals surface area contributed by atoms with Gasteiger partial charge in [0, 0.05) is 81.3 Å². The third kappa shape index (κ3) is 6.88. The number of piperidine rings is 1. The van der Waals surface area contributed by atoms with Gasteiger partial charge in [-0.05, 0) is 105 Å². The molecule has 14 nitrogen and oxygen atoms in total. The zero-order chi connectivity index (χ0) is 39.4. The number of hydrogen-bond acceptors (Lipinski definition) is 9. The predicted octanol–water partition coefficient (Wildman–Crippen LogP) is 3.12. The Balaban J connectivity index is 0.875. The minimum Gasteiger partial charge on any atom is -0.496 e. The summed E-state index contributed by atoms with van der Waals surface area (Å²) in [5.74, 6) is 2.01. The normalized spacial score (nSPS) is 23.0. The minimum absolute atomic E-state index is 0.0980. The summed E-state index contributed by atoms with van der Waals surface area (Å²) in [6, 6.07) is 9.21. The van der Waals surface area contributed by atoms with Crippen molar-refractivity contribution in [2.75, 3.05) is 59.4 Å². The largest absolute Gasteiger partial charge is 0.496 e. The van der Waals surface area contributed by atoms with E-state index in [2.05, 4.69) is 26.5 Å². The van der Waals surface area contributed by atoms with Crippen molar-refractivity contribution >= 4 is 29.4 Å². The number of ether oxygens (including phenoxy) is 2. The molecule has 1 aromatic heterocycles. The van der Waals surface area contributed by atoms with E-state index in [4.69, 9.17) is 9.47 Å². The number of nitrogens with zero attached hydrogens (tertiary/aromatic N) is 5. The molecule has 3 fully saturated rings. The van der Waals surface area contributed by atoms with E-state index in [1.54, 1.807) is 35.6 Å². The molecule has 2 aromatic carbocycles. The Morgan fingerprint density at radius 1 is 0.929 bits per heavy atom. The molecule has 3 atom stereocenters. The third-order valence-corrected chi connectivity index (χ3v) is 12.5. The molecule has 14 heteroatoms. The van der Waals surface area contributed by atoms with Gasteiger partial charge in [-0.2, -0.15) is 0 Å². The first-order chi connectivity index (χ1) is 26.9. The Bertz CT molecular complexity index is 2130. The summed E-state index contributed by atoms with van der Waals surface area (Å²) in [5.41, 5.74) is 6.90. The van der Waals surface area contributed by atoms with E-state index in [0.29, 0.717) is 67.9 Å². The molecule has 56 heavy (non-hydrogen) atoms. The van der Waals surface area contributed by atoms with Crippen molar-refractivity contribution in [2.24, 2.45) is 24.8 Å². The van der Waals surface area contributed by atoms with Crippen LogP contribution in [0.25, 0.3) is 11.1 Å². The lowest BCUT2D eigenvalue weighted by Crippen LogP contribution is -2.52. The molecule has 2 N–H and O–H groups in total. The summed E-state index contributed by atoms with van der Waals surface area (Å²) in [6.07, 6.45) is 5.08. The zero-order valence-corrected chi connectivity index (χ0v) is 32.9. The van der Waals surface area contributed by atoms with Gasteiger partial charge in [0.05, 0.1) is 26.3 Å². The fourth-order valence-electron chi connectivity index (χ4n) is 9.74. The van der Waals surface area contributed by atoms with Crippen LogP contribution in [0.15, 0.2) is 41.3 Å². The van der Waals surface area contributed by atoms with E-state index < -0.39 is 11.9 Å². The highest BCUT2D eigenvalue weighted by atomic mass is 16.5. The first-order valence-corrected chi connectivity index (χ1v) is 19.6. The number of rotatable bonds is 9. The van der Waals surface area contributed by atoms with Crippen LogP contribution in [0.1, 0.15) is 58.3 Å². The molecule has 2 unspecified atom stereocenters. The minimum atomic E-state index is -0.623. The predicted molar refractivity (Wildman–Crippen MR) is 210 cm³/mol. The van der Waals surface area contributed by atoms with E-state index in [1.165, 1.54) is 0 Å². The smallest absolute Gasteiger partial charge is 0.317 e. The van der Waals surface area contributed by atoms with Gasteiger partial charge >= 0.3 is 6.03 Å². The fraction of sp³-hybridized carbons (Fsp3) is 0.500. The van der Waals surface area contributed by atoms with E-state index in [-0.39, 0.29) is 36.4 Å². The number of carbonyl (C=O) groups excluding carboxylic acids is 4. The quantitative estimate of drug-likeness (QED) is 0.314. The molecule has 0 bridgehead atoms. The Morgan fingerprint density at radius 2 is 1.64 bits per heavy atom. The lowest BCUT2D eigenvalue weighted by Gasteiger charge is -2.31. The third-order valence-electron chi connectivity index (χ3n) is 12.5. The van der Waals surface area contributed by atoms with Gasteiger partial charge in [0.15, 0.2) is 0 Å². The van der Waals surface area contributed by atoms with Crippen LogP contribution in [0.3, 0.4) is 0 Å². The molecule has 2 saturated heterocycles. The lowest BCUT2D eigenvalue weighted by molar-refractivity contribution is -0.136. The number of pyridine rings is 1. The second-order valence-corrected chi connectivity index (χ2v) is 16.4. The highest BCUT2D eigenvalue weighted by Crippen LogP contribution is 2.44. The highest BCUT2D eigenvalue weighted by molar-refractivity contribution is 6.05. The summed E-state index contributed by atoms with van der Waals surface area (Å²) >= 11 is 0. The number of urea groups is 1. The summed E-state index contributed by atoms with van der Waals surface area (Å²) < 4.78 is 13.2. The maximum Gasteiger partial charge on any atom is 0.317 e. The highest BCUT2D eigenvalue weighted by Gasteiger charge is 2.43. The molecule has 0 spiro atoms. The molecule has 1 aliphatic carbocycles. The van der Waals surface area contributed by atoms with Crippen LogP contribution in [0, 0.1) is 17.8 Å². The first kappa shape index (κ1) is 37.5. The molecule has 5 amide bonds. The SMILES string of the molecule is COc1cc(-c2cn(C)c(=O)c3c2CCN(C(=O)NCC2CC4CN(c5ccc6c(c5)CN([C@@H]5CCC(=O)NC5=O)C6=O)CC4C2)C3)cc(OC)c1CN(C)C. The van der Waals surface area contributed by atoms with Crippen LogP contribution in [-0.4, -0.2) is 104 Å². The van der Waals surface area contributed by atoms with Crippen LogP contribution in [0.2, 0.25) is 0 Å². The Kier molecular flexibility index (Phi) is 10.0. The standard InChI is InChI=1S/C42H51N7O7/c1-45(2)21-34-36(55-4)15-25(16-37(34)56-5)32-22-46(3)40(52)33-23-47(11-10-31(32)33)42(54)43-17-24-12-26-18-48(19-27(26)13-24)29-6-7-30-28(14-29)20-49(41(30)53)35-8-9-38(50)44-39(35)51/h6-7,14-16,22,24,26-27,35H,8-13,17-21,23H2,1-5H3,(H,43,54)(H,44,50,51)/t24?,26?,27?,35-/m1/s1. The second kappa shape index (κ2) is 14.9. The summed E-state index contributed by atoms with van der Waals surface area (Å²) in [4.78, 5) is 72.1. The van der Waals surface area contributed by atoms with Crippen molar-refractivity contribution < 1.29 is 28.7 Å². The molecule has 5 heterocycles. The zero-order valence-electron chi connectivity index (χ0n) is 32.9. The van der Waals surface area contributed by atoms with Crippen LogP contribution in [0.4, 0.5) is 10.5 Å². The van der Waals surface area contributed by atoms with Crippen LogP contribution in [-0.2, 0) is 42.7 Å². The molecule has 3 aromatic rings. The Morgan fingerprint density at radius 3 is 2.30 bits per heavy atom. The number of aryl methyl sites for hydroxylation is 1. The molecular formula is C42H51N7O7. The van der Waals surface area contributed by atoms with Crippen LogP contribution >= 0.6 is 0 Å². The van der Waals surface area contributed by atoms with Gasteiger partial charge in [-0.1, -0.05) is 0 Å². The number of benzene rings is 2. The number of methoxy groups -OCH3 is 2. The molecule has 296 valence electrons. The number of carbonyl (C=O) groups is 4. The molecule has 1 saturated carbocycles. The molecular weight excluding hydrogens is 715 g/mol. The number of imide groups is 1. The van der Waals surface area contributed by atoms with Gasteiger partial charge in [-0.3, -0.25) is 24.5 Å². The van der Waals surface area contributed by atoms with Gasteiger partial charge < -0.3 is 39.0 Å². The van der Waals surface area contributed by atoms with E-state index >= 15 is 0 Å². The van der Waals surface area contributed by atoms with Crippen molar-refractivity contribution in [3.05, 3.63) is 74.7 Å². The topological polar surface area (TPSA) is 146 Å². The average molecular weight is 766 g/mol. The number of anilines is 1. The van der Waals surface area contributed by atoms with Crippen molar-refractivity contribution in [2.45, 2.75) is 57.8 Å². The van der Waals surface area contributed by atoms with Crippen LogP contribution < -0.4 is 30.6 Å². The molecule has 5 aliphatic rings. The second-order valence-electron chi connectivity index (χ2n) is 16.4. The van der Waals surface area contributed by atoms with E-state index in [0.717, 1.165) is 70.9 Å². The maximum atomic E-state index is 13.6. The number of hydrogen-bond donors (Lipinski definition) is 2. The average Bonchev–Trinajstić information content (AvgIpc) is 3.86.